The molecule has 0 saturated carbocycles. The van der Waals surface area contributed by atoms with E-state index in [1.807, 2.05) is 55.5 Å². The van der Waals surface area contributed by atoms with E-state index >= 15 is 0 Å². The van der Waals surface area contributed by atoms with Crippen LogP contribution in [-0.2, 0) is 21.4 Å². The van der Waals surface area contributed by atoms with Crippen molar-refractivity contribution >= 4 is 33.2 Å². The third-order valence-electron chi connectivity index (χ3n) is 4.58. The van der Waals surface area contributed by atoms with Gasteiger partial charge in [0.25, 0.3) is 0 Å². The Morgan fingerprint density at radius 2 is 1.77 bits per heavy atom. The predicted octanol–water partition coefficient (Wildman–Crippen LogP) is 4.49. The van der Waals surface area contributed by atoms with Crippen molar-refractivity contribution in [2.24, 2.45) is 0 Å². The van der Waals surface area contributed by atoms with Crippen LogP contribution in [0.2, 0.25) is 5.02 Å². The molecule has 0 fully saturated rings. The van der Waals surface area contributed by atoms with E-state index in [2.05, 4.69) is 5.32 Å². The quantitative estimate of drug-likeness (QED) is 0.539. The summed E-state index contributed by atoms with van der Waals surface area (Å²) >= 11 is 6.14. The van der Waals surface area contributed by atoms with Gasteiger partial charge < -0.3 is 10.1 Å². The number of methoxy groups -OCH3 is 1. The molecule has 0 aliphatic rings. The molecule has 1 N–H and O–H groups in total. The van der Waals surface area contributed by atoms with Gasteiger partial charge in [-0.25, -0.2) is 8.42 Å². The molecule has 8 heteroatoms. The Labute approximate surface area is 187 Å². The smallest absolute Gasteiger partial charge is 0.243 e. The summed E-state index contributed by atoms with van der Waals surface area (Å²) in [5.41, 5.74) is 2.35. The molecule has 0 aliphatic heterocycles. The lowest BCUT2D eigenvalue weighted by atomic mass is 10.2. The van der Waals surface area contributed by atoms with Crippen molar-refractivity contribution in [2.45, 2.75) is 18.4 Å². The molecule has 0 spiro atoms. The van der Waals surface area contributed by atoms with Crippen LogP contribution in [0.1, 0.15) is 11.1 Å². The molecule has 0 radical (unpaired) electrons. The summed E-state index contributed by atoms with van der Waals surface area (Å²) in [5.74, 6) is -0.0721. The van der Waals surface area contributed by atoms with E-state index in [4.69, 9.17) is 16.3 Å². The van der Waals surface area contributed by atoms with Gasteiger partial charge in [0.05, 0.1) is 23.6 Å². The Morgan fingerprint density at radius 1 is 1.03 bits per heavy atom. The van der Waals surface area contributed by atoms with Gasteiger partial charge in [-0.2, -0.15) is 4.31 Å². The topological polar surface area (TPSA) is 75.7 Å². The molecule has 0 aromatic heterocycles. The number of benzene rings is 3. The minimum absolute atomic E-state index is 0.0161. The number of halogens is 1. The van der Waals surface area contributed by atoms with Crippen molar-refractivity contribution < 1.29 is 17.9 Å². The number of hydrogen-bond acceptors (Lipinski definition) is 4. The highest BCUT2D eigenvalue weighted by molar-refractivity contribution is 7.89. The van der Waals surface area contributed by atoms with Crippen molar-refractivity contribution in [1.82, 2.24) is 4.31 Å². The number of ether oxygens (including phenoxy) is 1. The van der Waals surface area contributed by atoms with E-state index in [9.17, 15) is 13.2 Å². The highest BCUT2D eigenvalue weighted by Gasteiger charge is 2.28. The lowest BCUT2D eigenvalue weighted by Gasteiger charge is -2.22. The van der Waals surface area contributed by atoms with Gasteiger partial charge in [0.1, 0.15) is 5.75 Å². The molecule has 3 rings (SSSR count). The zero-order valence-corrected chi connectivity index (χ0v) is 18.8. The van der Waals surface area contributed by atoms with Gasteiger partial charge in [-0.05, 0) is 48.4 Å². The molecule has 31 heavy (non-hydrogen) atoms. The second-order valence-electron chi connectivity index (χ2n) is 6.97. The molecule has 3 aromatic carbocycles. The van der Waals surface area contributed by atoms with Crippen LogP contribution in [-0.4, -0.2) is 32.3 Å². The van der Waals surface area contributed by atoms with Crippen LogP contribution < -0.4 is 10.1 Å². The molecular formula is C23H23ClN2O4S. The molecule has 3 aromatic rings. The number of nitrogens with one attached hydrogen (secondary N) is 1. The van der Waals surface area contributed by atoms with Crippen LogP contribution in [0, 0.1) is 6.92 Å². The molecule has 0 saturated heterocycles. The van der Waals surface area contributed by atoms with E-state index in [0.717, 1.165) is 15.4 Å². The number of nitrogens with zero attached hydrogens (tertiary/aromatic N) is 1. The number of anilines is 1. The monoisotopic (exact) mass is 458 g/mol. The molecule has 0 atom stereocenters. The van der Waals surface area contributed by atoms with Crippen molar-refractivity contribution in [3.63, 3.8) is 0 Å². The normalized spacial score (nSPS) is 11.4. The van der Waals surface area contributed by atoms with Crippen LogP contribution in [0.15, 0.2) is 77.7 Å². The fourth-order valence-electron chi connectivity index (χ4n) is 3.05. The second-order valence-corrected chi connectivity index (χ2v) is 9.32. The van der Waals surface area contributed by atoms with Gasteiger partial charge in [0, 0.05) is 12.2 Å². The number of aryl methyl sites for hydroxylation is 1. The highest BCUT2D eigenvalue weighted by Crippen LogP contribution is 2.29. The summed E-state index contributed by atoms with van der Waals surface area (Å²) in [6, 6.07) is 20.6. The summed E-state index contributed by atoms with van der Waals surface area (Å²) in [7, 11) is -2.56. The number of sulfonamides is 1. The first-order valence-electron chi connectivity index (χ1n) is 9.54. The maximum Gasteiger partial charge on any atom is 0.243 e. The first-order chi connectivity index (χ1) is 14.8. The molecular weight excluding hydrogens is 436 g/mol. The lowest BCUT2D eigenvalue weighted by molar-refractivity contribution is -0.116. The third-order valence-corrected chi connectivity index (χ3v) is 6.67. The zero-order chi connectivity index (χ0) is 22.4. The zero-order valence-electron chi connectivity index (χ0n) is 17.2. The van der Waals surface area contributed by atoms with Gasteiger partial charge in [-0.3, -0.25) is 4.79 Å². The predicted molar refractivity (Wildman–Crippen MR) is 122 cm³/mol. The van der Waals surface area contributed by atoms with Gasteiger partial charge in [-0.15, -0.1) is 0 Å². The Balaban J connectivity index is 1.89. The largest absolute Gasteiger partial charge is 0.495 e. The maximum atomic E-state index is 13.4. The molecule has 0 heterocycles. The summed E-state index contributed by atoms with van der Waals surface area (Å²) in [6.45, 7) is 1.60. The lowest BCUT2D eigenvalue weighted by Crippen LogP contribution is -2.37. The Bertz CT molecular complexity index is 1170. The first-order valence-corrected chi connectivity index (χ1v) is 11.4. The summed E-state index contributed by atoms with van der Waals surface area (Å²) in [4.78, 5) is 12.7. The van der Waals surface area contributed by atoms with Gasteiger partial charge in [-0.1, -0.05) is 54.1 Å². The molecule has 6 nitrogen and oxygen atoms in total. The molecule has 0 aliphatic carbocycles. The maximum absolute atomic E-state index is 13.4. The minimum Gasteiger partial charge on any atom is -0.495 e. The Kier molecular flexibility index (Phi) is 7.33. The average molecular weight is 459 g/mol. The van der Waals surface area contributed by atoms with E-state index in [-0.39, 0.29) is 23.0 Å². The van der Waals surface area contributed by atoms with E-state index in [1.54, 1.807) is 6.07 Å². The van der Waals surface area contributed by atoms with Gasteiger partial charge >= 0.3 is 0 Å². The molecule has 162 valence electrons. The van der Waals surface area contributed by atoms with Gasteiger partial charge in [0.15, 0.2) is 0 Å². The molecule has 0 unspecified atom stereocenters. The molecule has 1 amide bonds. The van der Waals surface area contributed by atoms with Crippen LogP contribution in [0.5, 0.6) is 5.75 Å². The molecule has 0 bridgehead atoms. The van der Waals surface area contributed by atoms with Crippen LogP contribution >= 0.6 is 11.6 Å². The van der Waals surface area contributed by atoms with E-state index in [0.29, 0.717) is 11.4 Å². The number of carbonyl (C=O) groups is 1. The van der Waals surface area contributed by atoms with Gasteiger partial charge in [0.2, 0.25) is 15.9 Å². The summed E-state index contributed by atoms with van der Waals surface area (Å²) in [5, 5.41) is 2.93. The highest BCUT2D eigenvalue weighted by atomic mass is 35.5. The fourth-order valence-corrected chi connectivity index (χ4v) is 4.79. The van der Waals surface area contributed by atoms with E-state index in [1.165, 1.54) is 25.3 Å². The first kappa shape index (κ1) is 22.8. The number of rotatable bonds is 8. The van der Waals surface area contributed by atoms with Crippen LogP contribution in [0.4, 0.5) is 5.69 Å². The van der Waals surface area contributed by atoms with Crippen molar-refractivity contribution in [3.8, 4) is 5.75 Å². The van der Waals surface area contributed by atoms with E-state index < -0.39 is 15.9 Å². The van der Waals surface area contributed by atoms with Crippen molar-refractivity contribution in [2.75, 3.05) is 19.0 Å². The minimum atomic E-state index is -4.01. The standard InChI is InChI=1S/C23H23ClN2O4S/c1-17-7-6-10-19(13-17)25-23(27)16-26(15-18-8-4-3-5-9-18)31(28,29)20-11-12-22(30-2)21(24)14-20/h3-14H,15-16H2,1-2H3,(H,25,27). The van der Waals surface area contributed by atoms with Crippen molar-refractivity contribution in [3.05, 3.63) is 88.9 Å². The Morgan fingerprint density at radius 3 is 2.42 bits per heavy atom. The SMILES string of the molecule is COc1ccc(S(=O)(=O)N(CC(=O)Nc2cccc(C)c2)Cc2ccccc2)cc1Cl. The Hall–Kier alpha value is -2.87. The average Bonchev–Trinajstić information content (AvgIpc) is 2.74. The number of hydrogen-bond donors (Lipinski definition) is 1. The summed E-state index contributed by atoms with van der Waals surface area (Å²) < 4.78 is 33.0. The fraction of sp³-hybridized carbons (Fsp3) is 0.174. The summed E-state index contributed by atoms with van der Waals surface area (Å²) in [6.07, 6.45) is 0. The number of carbonyl (C=O) groups excluding carboxylic acids is 1. The second kappa shape index (κ2) is 9.96. The van der Waals surface area contributed by atoms with Crippen molar-refractivity contribution in [1.29, 1.82) is 0 Å². The van der Waals surface area contributed by atoms with Crippen LogP contribution in [0.3, 0.4) is 0 Å². The van der Waals surface area contributed by atoms with Crippen LogP contribution in [0.25, 0.3) is 0 Å². The number of amides is 1. The third kappa shape index (κ3) is 5.85.